The maximum absolute atomic E-state index is 11.8. The molecular formula is C9H12N2O2S. The van der Waals surface area contributed by atoms with Gasteiger partial charge in [0.25, 0.3) is 0 Å². The van der Waals surface area contributed by atoms with E-state index < -0.39 is 9.84 Å². The summed E-state index contributed by atoms with van der Waals surface area (Å²) in [4.78, 5) is 7.56. The molecular weight excluding hydrogens is 200 g/mol. The van der Waals surface area contributed by atoms with Crippen molar-refractivity contribution in [3.8, 4) is 0 Å². The maximum atomic E-state index is 11.8. The van der Waals surface area contributed by atoms with E-state index in [1.54, 1.807) is 6.07 Å². The van der Waals surface area contributed by atoms with Crippen LogP contribution in [0.25, 0.3) is 0 Å². The Morgan fingerprint density at radius 3 is 2.57 bits per heavy atom. The highest BCUT2D eigenvalue weighted by Crippen LogP contribution is 2.41. The number of hydrogen-bond acceptors (Lipinski definition) is 4. The zero-order valence-corrected chi connectivity index (χ0v) is 8.74. The van der Waals surface area contributed by atoms with E-state index in [0.717, 1.165) is 12.8 Å². The van der Waals surface area contributed by atoms with Crippen LogP contribution in [0.2, 0.25) is 0 Å². The summed E-state index contributed by atoms with van der Waals surface area (Å²) in [5.74, 6) is 0.309. The summed E-state index contributed by atoms with van der Waals surface area (Å²) in [6.45, 7) is 2.01. The predicted molar refractivity (Wildman–Crippen MR) is 51.4 cm³/mol. The highest BCUT2D eigenvalue weighted by Gasteiger charge is 2.47. The molecule has 1 aromatic heterocycles. The van der Waals surface area contributed by atoms with Crippen LogP contribution in [-0.2, 0) is 9.84 Å². The summed E-state index contributed by atoms with van der Waals surface area (Å²) in [5, 5.41) is -0.268. The molecule has 1 aliphatic carbocycles. The first-order valence-electron chi connectivity index (χ1n) is 4.67. The molecule has 1 fully saturated rings. The Labute approximate surface area is 83.3 Å². The van der Waals surface area contributed by atoms with Gasteiger partial charge >= 0.3 is 0 Å². The second-order valence-corrected chi connectivity index (χ2v) is 5.58. The fourth-order valence-corrected chi connectivity index (χ4v) is 3.48. The first-order chi connectivity index (χ1) is 6.66. The van der Waals surface area contributed by atoms with Crippen molar-refractivity contribution < 1.29 is 8.42 Å². The van der Waals surface area contributed by atoms with Gasteiger partial charge < -0.3 is 0 Å². The van der Waals surface area contributed by atoms with Crippen molar-refractivity contribution >= 4 is 9.84 Å². The molecule has 1 aliphatic rings. The van der Waals surface area contributed by atoms with Gasteiger partial charge in [0.05, 0.1) is 5.25 Å². The molecule has 4 nitrogen and oxygen atoms in total. The smallest absolute Gasteiger partial charge is 0.227 e. The van der Waals surface area contributed by atoms with Gasteiger partial charge in [-0.2, -0.15) is 0 Å². The zero-order valence-electron chi connectivity index (χ0n) is 7.92. The van der Waals surface area contributed by atoms with Gasteiger partial charge in [0.1, 0.15) is 0 Å². The molecule has 1 saturated carbocycles. The van der Waals surface area contributed by atoms with Crippen LogP contribution in [-0.4, -0.2) is 23.6 Å². The Kier molecular flexibility index (Phi) is 2.26. The highest BCUT2D eigenvalue weighted by molar-refractivity contribution is 7.92. The van der Waals surface area contributed by atoms with Crippen LogP contribution >= 0.6 is 0 Å². The largest absolute Gasteiger partial charge is 0.247 e. The monoisotopic (exact) mass is 212 g/mol. The third-order valence-corrected chi connectivity index (χ3v) is 4.67. The summed E-state index contributed by atoms with van der Waals surface area (Å²) >= 11 is 0. The summed E-state index contributed by atoms with van der Waals surface area (Å²) < 4.78 is 23.7. The van der Waals surface area contributed by atoms with E-state index in [2.05, 4.69) is 9.97 Å². The Balaban J connectivity index is 2.27. The summed E-state index contributed by atoms with van der Waals surface area (Å²) in [6, 6.07) is 1.61. The Morgan fingerprint density at radius 2 is 2.07 bits per heavy atom. The van der Waals surface area contributed by atoms with Crippen molar-refractivity contribution in [1.82, 2.24) is 9.97 Å². The topological polar surface area (TPSA) is 59.9 Å². The molecule has 0 amide bonds. The molecule has 0 saturated heterocycles. The Bertz CT molecular complexity index is 416. The molecule has 1 aromatic rings. The van der Waals surface area contributed by atoms with Gasteiger partial charge in [0, 0.05) is 12.4 Å². The second-order valence-electron chi connectivity index (χ2n) is 3.52. The third kappa shape index (κ3) is 1.52. The fourth-order valence-electron chi connectivity index (χ4n) is 1.60. The quantitative estimate of drug-likeness (QED) is 0.703. The first kappa shape index (κ1) is 9.58. The van der Waals surface area contributed by atoms with Crippen molar-refractivity contribution in [2.45, 2.75) is 30.2 Å². The molecule has 0 N–H and O–H groups in total. The minimum absolute atomic E-state index is 0.0269. The van der Waals surface area contributed by atoms with Crippen LogP contribution in [0.4, 0.5) is 0 Å². The molecule has 2 rings (SSSR count). The van der Waals surface area contributed by atoms with Gasteiger partial charge in [-0.05, 0) is 18.4 Å². The molecule has 0 spiro atoms. The van der Waals surface area contributed by atoms with Crippen molar-refractivity contribution in [2.24, 2.45) is 5.92 Å². The van der Waals surface area contributed by atoms with Crippen LogP contribution in [0.15, 0.2) is 23.6 Å². The van der Waals surface area contributed by atoms with E-state index >= 15 is 0 Å². The van der Waals surface area contributed by atoms with Gasteiger partial charge in [-0.3, -0.25) is 0 Å². The molecule has 0 aliphatic heterocycles. The third-order valence-electron chi connectivity index (χ3n) is 2.58. The van der Waals surface area contributed by atoms with Crippen LogP contribution < -0.4 is 0 Å². The second kappa shape index (κ2) is 3.31. The number of nitrogens with zero attached hydrogens (tertiary/aromatic N) is 2. The van der Waals surface area contributed by atoms with Gasteiger partial charge in [-0.15, -0.1) is 0 Å². The zero-order chi connectivity index (χ0) is 10.2. The van der Waals surface area contributed by atoms with Crippen molar-refractivity contribution in [3.05, 3.63) is 18.5 Å². The average Bonchev–Trinajstić information content (AvgIpc) is 2.98. The molecule has 14 heavy (non-hydrogen) atoms. The lowest BCUT2D eigenvalue weighted by atomic mass is 10.3. The van der Waals surface area contributed by atoms with Crippen molar-refractivity contribution in [3.63, 3.8) is 0 Å². The SMILES string of the molecule is CCC1CC1S(=O)(=O)c1ncccn1. The standard InChI is InChI=1S/C9H12N2O2S/c1-2-7-6-8(7)14(12,13)9-10-4-3-5-11-9/h3-5,7-8H,2,6H2,1H3. The Hall–Kier alpha value is -0.970. The maximum Gasteiger partial charge on any atom is 0.247 e. The predicted octanol–water partition coefficient (Wildman–Crippen LogP) is 1.05. The first-order valence-corrected chi connectivity index (χ1v) is 6.21. The van der Waals surface area contributed by atoms with E-state index in [0.29, 0.717) is 5.92 Å². The molecule has 2 atom stereocenters. The van der Waals surface area contributed by atoms with E-state index in [-0.39, 0.29) is 10.4 Å². The summed E-state index contributed by atoms with van der Waals surface area (Å²) in [6.07, 6.45) is 4.60. The molecule has 0 radical (unpaired) electrons. The lowest BCUT2D eigenvalue weighted by molar-refractivity contribution is 0.581. The molecule has 2 unspecified atom stereocenters. The summed E-state index contributed by atoms with van der Waals surface area (Å²) in [7, 11) is -3.25. The molecule has 1 heterocycles. The Morgan fingerprint density at radius 1 is 1.43 bits per heavy atom. The van der Waals surface area contributed by atoms with E-state index in [9.17, 15) is 8.42 Å². The summed E-state index contributed by atoms with van der Waals surface area (Å²) in [5.41, 5.74) is 0. The lowest BCUT2D eigenvalue weighted by Crippen LogP contribution is -2.12. The van der Waals surface area contributed by atoms with Crippen molar-refractivity contribution in [2.75, 3.05) is 0 Å². The van der Waals surface area contributed by atoms with Gasteiger partial charge in [0.2, 0.25) is 15.0 Å². The molecule has 0 bridgehead atoms. The molecule has 76 valence electrons. The minimum Gasteiger partial charge on any atom is -0.227 e. The van der Waals surface area contributed by atoms with E-state index in [1.165, 1.54) is 12.4 Å². The minimum atomic E-state index is -3.25. The highest BCUT2D eigenvalue weighted by atomic mass is 32.2. The average molecular weight is 212 g/mol. The number of sulfone groups is 1. The normalized spacial score (nSPS) is 26.1. The van der Waals surface area contributed by atoms with Crippen LogP contribution in [0.5, 0.6) is 0 Å². The number of aromatic nitrogens is 2. The number of hydrogen-bond donors (Lipinski definition) is 0. The van der Waals surface area contributed by atoms with Gasteiger partial charge in [-0.1, -0.05) is 13.3 Å². The van der Waals surface area contributed by atoms with Gasteiger partial charge in [0.15, 0.2) is 0 Å². The van der Waals surface area contributed by atoms with Crippen LogP contribution in [0.1, 0.15) is 19.8 Å². The van der Waals surface area contributed by atoms with Crippen molar-refractivity contribution in [1.29, 1.82) is 0 Å². The fraction of sp³-hybridized carbons (Fsp3) is 0.556. The molecule has 5 heteroatoms. The van der Waals surface area contributed by atoms with Gasteiger partial charge in [-0.25, -0.2) is 18.4 Å². The van der Waals surface area contributed by atoms with E-state index in [4.69, 9.17) is 0 Å². The van der Waals surface area contributed by atoms with Crippen LogP contribution in [0.3, 0.4) is 0 Å². The van der Waals surface area contributed by atoms with E-state index in [1.807, 2.05) is 6.92 Å². The lowest BCUT2D eigenvalue weighted by Gasteiger charge is -1.99. The molecule has 0 aromatic carbocycles. The number of rotatable bonds is 3. The van der Waals surface area contributed by atoms with Crippen LogP contribution in [0, 0.1) is 5.92 Å².